The van der Waals surface area contributed by atoms with E-state index in [4.69, 9.17) is 25.6 Å². The predicted molar refractivity (Wildman–Crippen MR) is 132 cm³/mol. The number of thioether (sulfide) groups is 2. The van der Waals surface area contributed by atoms with Crippen LogP contribution in [-0.2, 0) is 16.3 Å². The van der Waals surface area contributed by atoms with E-state index >= 15 is 0 Å². The molecule has 1 atom stereocenters. The van der Waals surface area contributed by atoms with Gasteiger partial charge in [-0.05, 0) is 29.7 Å². The second-order valence-electron chi connectivity index (χ2n) is 6.82. The van der Waals surface area contributed by atoms with Crippen molar-refractivity contribution >= 4 is 56.6 Å². The zero-order chi connectivity index (χ0) is 21.3. The molecule has 29 heavy (non-hydrogen) atoms. The second kappa shape index (κ2) is 16.5. The minimum atomic E-state index is -0.250. The molecule has 0 saturated carbocycles. The molecule has 4 radical (unpaired) electrons. The first kappa shape index (κ1) is 25.8. The molecule has 0 bridgehead atoms. The molecule has 0 aliphatic rings. The van der Waals surface area contributed by atoms with Crippen LogP contribution in [0.3, 0.4) is 0 Å². The number of hydrogen-bond acceptors (Lipinski definition) is 3. The minimum Gasteiger partial charge on any atom is -0.483 e. The van der Waals surface area contributed by atoms with Crippen LogP contribution in [-0.4, -0.2) is 38.3 Å². The average molecular weight is 424 g/mol. The summed E-state index contributed by atoms with van der Waals surface area (Å²) in [5.74, 6) is 3.27. The Morgan fingerprint density at radius 3 is 2.41 bits per heavy atom. The molecule has 6 heteroatoms. The Bertz CT molecular complexity index is 684. The van der Waals surface area contributed by atoms with Gasteiger partial charge in [0.2, 0.25) is 0 Å². The van der Waals surface area contributed by atoms with Crippen molar-refractivity contribution in [3.05, 3.63) is 59.7 Å². The molecule has 1 N–H and O–H groups in total. The van der Waals surface area contributed by atoms with E-state index in [1.807, 2.05) is 23.9 Å². The summed E-state index contributed by atoms with van der Waals surface area (Å²) in [6.07, 6.45) is 6.58. The van der Waals surface area contributed by atoms with Crippen LogP contribution in [0.15, 0.2) is 48.5 Å². The maximum Gasteiger partial charge on any atom is 0.290 e. The number of unbranched alkanes of at least 4 members (excludes halogenated alkanes) is 2. The molecular formula is C23H30B2O2S2. The highest BCUT2D eigenvalue weighted by atomic mass is 32.2. The number of carbonyl (C=O) groups is 1. The fourth-order valence-electron chi connectivity index (χ4n) is 2.86. The van der Waals surface area contributed by atoms with Gasteiger partial charge in [0.25, 0.3) is 6.47 Å². The van der Waals surface area contributed by atoms with Crippen LogP contribution in [0.1, 0.15) is 50.2 Å². The fraction of sp³-hybridized carbons (Fsp3) is 0.435. The maximum absolute atomic E-state index is 8.36. The van der Waals surface area contributed by atoms with Crippen molar-refractivity contribution in [2.75, 3.05) is 5.75 Å². The van der Waals surface area contributed by atoms with E-state index in [0.717, 1.165) is 27.7 Å². The van der Waals surface area contributed by atoms with Crippen molar-refractivity contribution < 1.29 is 9.90 Å². The molecule has 0 fully saturated rings. The summed E-state index contributed by atoms with van der Waals surface area (Å²) in [7, 11) is 11.8. The lowest BCUT2D eigenvalue weighted by Crippen LogP contribution is -2.17. The number of benzene rings is 2. The lowest BCUT2D eigenvalue weighted by molar-refractivity contribution is -0.122. The fourth-order valence-corrected chi connectivity index (χ4v) is 5.33. The predicted octanol–water partition coefficient (Wildman–Crippen LogP) is 4.48. The summed E-state index contributed by atoms with van der Waals surface area (Å²) in [6, 6.07) is 16.7. The number of hydrogen-bond donors (Lipinski definition) is 1. The van der Waals surface area contributed by atoms with Gasteiger partial charge < -0.3 is 5.11 Å². The Balaban J connectivity index is 0.00000132. The highest BCUT2D eigenvalue weighted by molar-refractivity contribution is 7.99. The van der Waals surface area contributed by atoms with Crippen molar-refractivity contribution in [1.29, 1.82) is 0 Å². The molecule has 152 valence electrons. The van der Waals surface area contributed by atoms with Gasteiger partial charge in [-0.15, -0.1) is 0 Å². The van der Waals surface area contributed by atoms with Gasteiger partial charge in [-0.25, -0.2) is 0 Å². The molecule has 0 heterocycles. The molecule has 2 rings (SSSR count). The number of carboxylic acid groups (broad SMARTS) is 1. The van der Waals surface area contributed by atoms with Gasteiger partial charge in [0, 0.05) is 16.8 Å². The molecule has 2 aromatic rings. The van der Waals surface area contributed by atoms with Crippen LogP contribution in [0.5, 0.6) is 0 Å². The largest absolute Gasteiger partial charge is 0.483 e. The standard InChI is InChI=1S/C22H28B2S2.CH2O2/c1-2-3-5-10-21(26-16-18-8-6-4-7-9-18)13-14-25-17-19-11-12-20(23)15-22(19)24;2-1-3/h4,6-9,11-12,15,21H,2-3,5,10,13-14,16-17H2,1H3;1H,(H,2,3). The smallest absolute Gasteiger partial charge is 0.290 e. The van der Waals surface area contributed by atoms with Gasteiger partial charge in [0.15, 0.2) is 0 Å². The van der Waals surface area contributed by atoms with Gasteiger partial charge in [-0.1, -0.05) is 85.6 Å². The zero-order valence-corrected chi connectivity index (χ0v) is 18.9. The van der Waals surface area contributed by atoms with E-state index in [0.29, 0.717) is 0 Å². The van der Waals surface area contributed by atoms with Crippen LogP contribution >= 0.6 is 23.5 Å². The normalized spacial score (nSPS) is 11.3. The van der Waals surface area contributed by atoms with E-state index < -0.39 is 0 Å². The first-order valence-corrected chi connectivity index (χ1v) is 12.3. The van der Waals surface area contributed by atoms with E-state index in [9.17, 15) is 0 Å². The summed E-state index contributed by atoms with van der Waals surface area (Å²) in [5, 5.41) is 7.64. The van der Waals surface area contributed by atoms with Gasteiger partial charge in [0.05, 0.1) is 0 Å². The lowest BCUT2D eigenvalue weighted by Gasteiger charge is -2.17. The Hall–Kier alpha value is -1.26. The van der Waals surface area contributed by atoms with Gasteiger partial charge in [-0.3, -0.25) is 4.79 Å². The van der Waals surface area contributed by atoms with Crippen molar-refractivity contribution in [3.63, 3.8) is 0 Å². The monoisotopic (exact) mass is 424 g/mol. The van der Waals surface area contributed by atoms with Gasteiger partial charge in [-0.2, -0.15) is 23.5 Å². The number of rotatable bonds is 12. The van der Waals surface area contributed by atoms with E-state index in [1.165, 1.54) is 49.0 Å². The zero-order valence-electron chi connectivity index (χ0n) is 17.3. The Kier molecular flexibility index (Phi) is 14.7. The third-order valence-electron chi connectivity index (χ3n) is 4.47. The molecule has 2 aromatic carbocycles. The first-order valence-electron chi connectivity index (χ1n) is 10.1. The van der Waals surface area contributed by atoms with Crippen molar-refractivity contribution in [3.8, 4) is 0 Å². The molecule has 0 amide bonds. The average Bonchev–Trinajstić information content (AvgIpc) is 2.71. The molecule has 0 saturated heterocycles. The minimum absolute atomic E-state index is 0.250. The van der Waals surface area contributed by atoms with Crippen LogP contribution < -0.4 is 10.9 Å². The lowest BCUT2D eigenvalue weighted by atomic mass is 9.84. The summed E-state index contributed by atoms with van der Waals surface area (Å²) in [4.78, 5) is 8.36. The summed E-state index contributed by atoms with van der Waals surface area (Å²) in [6.45, 7) is 2.03. The SMILES string of the molecule is O=CO.[B]c1ccc(CSCCC(CCCCC)SCc2ccccc2)c([B])c1. The first-order chi connectivity index (χ1) is 14.1. The highest BCUT2D eigenvalue weighted by Gasteiger charge is 2.10. The Morgan fingerprint density at radius 2 is 1.76 bits per heavy atom. The summed E-state index contributed by atoms with van der Waals surface area (Å²) in [5.41, 5.74) is 4.18. The molecule has 0 aliphatic carbocycles. The molecular weight excluding hydrogens is 394 g/mol. The quantitative estimate of drug-likeness (QED) is 0.310. The van der Waals surface area contributed by atoms with E-state index in [2.05, 4.69) is 55.1 Å². The Labute approximate surface area is 187 Å². The van der Waals surface area contributed by atoms with Crippen LogP contribution in [0.4, 0.5) is 0 Å². The maximum atomic E-state index is 8.36. The second-order valence-corrected chi connectivity index (χ2v) is 9.21. The third kappa shape index (κ3) is 12.1. The van der Waals surface area contributed by atoms with Crippen molar-refractivity contribution in [2.24, 2.45) is 0 Å². The molecule has 2 nitrogen and oxygen atoms in total. The highest BCUT2D eigenvalue weighted by Crippen LogP contribution is 2.27. The van der Waals surface area contributed by atoms with Crippen LogP contribution in [0.25, 0.3) is 0 Å². The molecule has 0 spiro atoms. The summed E-state index contributed by atoms with van der Waals surface area (Å²) < 4.78 is 0. The molecule has 1 unspecified atom stereocenters. The van der Waals surface area contributed by atoms with E-state index in [-0.39, 0.29) is 6.47 Å². The van der Waals surface area contributed by atoms with Crippen molar-refractivity contribution in [1.82, 2.24) is 0 Å². The summed E-state index contributed by atoms with van der Waals surface area (Å²) >= 11 is 4.10. The van der Waals surface area contributed by atoms with E-state index in [1.54, 1.807) is 0 Å². The molecule has 0 aliphatic heterocycles. The van der Waals surface area contributed by atoms with Gasteiger partial charge >= 0.3 is 0 Å². The van der Waals surface area contributed by atoms with Gasteiger partial charge in [0.1, 0.15) is 15.7 Å². The van der Waals surface area contributed by atoms with Crippen LogP contribution in [0.2, 0.25) is 0 Å². The van der Waals surface area contributed by atoms with Crippen molar-refractivity contribution in [2.45, 2.75) is 55.8 Å². The Morgan fingerprint density at radius 1 is 1.03 bits per heavy atom. The molecule has 0 aromatic heterocycles. The third-order valence-corrected chi connectivity index (χ3v) is 6.95. The van der Waals surface area contributed by atoms with Crippen LogP contribution in [0, 0.1) is 0 Å². The topological polar surface area (TPSA) is 37.3 Å².